The summed E-state index contributed by atoms with van der Waals surface area (Å²) in [6.45, 7) is 7.38. The molecule has 0 saturated heterocycles. The van der Waals surface area contributed by atoms with E-state index in [4.69, 9.17) is 0 Å². The van der Waals surface area contributed by atoms with Gasteiger partial charge < -0.3 is 4.90 Å². The highest BCUT2D eigenvalue weighted by atomic mass is 32.2. The summed E-state index contributed by atoms with van der Waals surface area (Å²) in [5.74, 6) is 0.0337. The number of benzene rings is 2. The van der Waals surface area contributed by atoms with E-state index in [1.165, 1.54) is 47.6 Å². The van der Waals surface area contributed by atoms with Crippen molar-refractivity contribution in [3.63, 3.8) is 0 Å². The molecule has 0 radical (unpaired) electrons. The highest BCUT2D eigenvalue weighted by Crippen LogP contribution is 2.46. The number of rotatable bonds is 8. The Hall–Kier alpha value is -2.83. The Morgan fingerprint density at radius 2 is 1.77 bits per heavy atom. The molecule has 6 heteroatoms. The van der Waals surface area contributed by atoms with Gasteiger partial charge in [0.25, 0.3) is 5.56 Å². The summed E-state index contributed by atoms with van der Waals surface area (Å²) in [4.78, 5) is 30.5. The first kappa shape index (κ1) is 23.9. The van der Waals surface area contributed by atoms with Crippen molar-refractivity contribution in [3.05, 3.63) is 91.9 Å². The standard InChI is InChI=1S/C29H30N2O2S2/c1-3-5-6-7-12-18-30-23-15-10-11-16-24(23)34-29(30)26-27(33)31(17-4-2)28(35-26)22-19-20-13-8-9-14-21(20)25(22)32/h4,8-11,13-16H,2-3,5-7,12,17-19H2,1H3/b28-22-,29-26+. The quantitative estimate of drug-likeness (QED) is 0.308. The van der Waals surface area contributed by atoms with Crippen LogP contribution in [0.15, 0.2) is 70.9 Å². The van der Waals surface area contributed by atoms with Crippen molar-refractivity contribution >= 4 is 45.2 Å². The topological polar surface area (TPSA) is 42.3 Å². The molecule has 180 valence electrons. The third kappa shape index (κ3) is 4.45. The lowest BCUT2D eigenvalue weighted by molar-refractivity contribution is 0.105. The van der Waals surface area contributed by atoms with Gasteiger partial charge in [0, 0.05) is 35.5 Å². The van der Waals surface area contributed by atoms with E-state index >= 15 is 0 Å². The Morgan fingerprint density at radius 1 is 1.00 bits per heavy atom. The zero-order chi connectivity index (χ0) is 24.4. The van der Waals surface area contributed by atoms with Gasteiger partial charge in [-0.25, -0.2) is 0 Å². The molecule has 1 aliphatic carbocycles. The van der Waals surface area contributed by atoms with Gasteiger partial charge in [-0.2, -0.15) is 0 Å². The number of hydrogen-bond acceptors (Lipinski definition) is 5. The minimum Gasteiger partial charge on any atom is -0.334 e. The number of ketones is 1. The number of fused-ring (bicyclic) bond motifs is 2. The van der Waals surface area contributed by atoms with Crippen molar-refractivity contribution in [1.29, 1.82) is 0 Å². The van der Waals surface area contributed by atoms with Gasteiger partial charge in [-0.05, 0) is 24.1 Å². The largest absolute Gasteiger partial charge is 0.334 e. The molecule has 0 N–H and O–H groups in total. The number of para-hydroxylation sites is 1. The van der Waals surface area contributed by atoms with Crippen LogP contribution in [0.25, 0.3) is 10.6 Å². The van der Waals surface area contributed by atoms with Crippen LogP contribution in [-0.4, -0.2) is 16.9 Å². The summed E-state index contributed by atoms with van der Waals surface area (Å²) in [7, 11) is 0. The van der Waals surface area contributed by atoms with Gasteiger partial charge >= 0.3 is 0 Å². The average Bonchev–Trinajstić information content (AvgIpc) is 3.51. The number of nitrogens with zero attached hydrogens (tertiary/aromatic N) is 2. The molecule has 1 aromatic heterocycles. The van der Waals surface area contributed by atoms with Crippen LogP contribution in [0.4, 0.5) is 5.69 Å². The second-order valence-corrected chi connectivity index (χ2v) is 11.1. The maximum Gasteiger partial charge on any atom is 0.272 e. The third-order valence-corrected chi connectivity index (χ3v) is 9.19. The molecular formula is C29H30N2O2S2. The van der Waals surface area contributed by atoms with E-state index in [9.17, 15) is 9.59 Å². The Balaban J connectivity index is 1.64. The van der Waals surface area contributed by atoms with Gasteiger partial charge in [0.15, 0.2) is 5.78 Å². The van der Waals surface area contributed by atoms with Crippen LogP contribution in [0.1, 0.15) is 54.9 Å². The van der Waals surface area contributed by atoms with E-state index < -0.39 is 0 Å². The number of allylic oxidation sites excluding steroid dienone is 1. The number of carbonyl (C=O) groups is 1. The third-order valence-electron chi connectivity index (χ3n) is 6.64. The van der Waals surface area contributed by atoms with E-state index in [0.29, 0.717) is 23.1 Å². The molecule has 2 heterocycles. The summed E-state index contributed by atoms with van der Waals surface area (Å²) in [5.41, 5.74) is 3.63. The molecule has 0 saturated carbocycles. The van der Waals surface area contributed by atoms with Crippen molar-refractivity contribution in [2.75, 3.05) is 11.4 Å². The predicted molar refractivity (Wildman–Crippen MR) is 148 cm³/mol. The number of Topliss-reactive ketones (excluding diaryl/α,β-unsaturated/α-hetero) is 1. The molecule has 0 unspecified atom stereocenters. The van der Waals surface area contributed by atoms with Crippen LogP contribution < -0.4 is 19.7 Å². The molecule has 2 aliphatic rings. The molecule has 0 spiro atoms. The molecule has 0 bridgehead atoms. The fourth-order valence-corrected chi connectivity index (χ4v) is 7.38. The average molecular weight is 503 g/mol. The summed E-state index contributed by atoms with van der Waals surface area (Å²) in [6.07, 6.45) is 8.30. The highest BCUT2D eigenvalue weighted by Gasteiger charge is 2.29. The van der Waals surface area contributed by atoms with Crippen molar-refractivity contribution in [2.45, 2.75) is 56.9 Å². The van der Waals surface area contributed by atoms with Gasteiger partial charge in [-0.3, -0.25) is 14.2 Å². The predicted octanol–water partition coefficient (Wildman–Crippen LogP) is 5.33. The number of thiazole rings is 1. The highest BCUT2D eigenvalue weighted by molar-refractivity contribution is 8.08. The maximum absolute atomic E-state index is 13.8. The van der Waals surface area contributed by atoms with E-state index in [1.807, 2.05) is 30.3 Å². The van der Waals surface area contributed by atoms with Gasteiger partial charge in [-0.15, -0.1) is 17.9 Å². The number of thioether (sulfide) groups is 1. The minimum atomic E-state index is -0.0348. The fraction of sp³-hybridized carbons (Fsp3) is 0.310. The minimum absolute atomic E-state index is 0.0337. The molecule has 5 rings (SSSR count). The summed E-state index contributed by atoms with van der Waals surface area (Å²) >= 11 is 3.13. The molecule has 0 amide bonds. The molecule has 0 atom stereocenters. The number of carbonyl (C=O) groups excluding carboxylic acids is 1. The van der Waals surface area contributed by atoms with Gasteiger partial charge in [0.05, 0.1) is 5.69 Å². The van der Waals surface area contributed by atoms with Crippen LogP contribution in [-0.2, 0) is 13.0 Å². The Kier molecular flexibility index (Phi) is 7.12. The molecule has 0 fully saturated rings. The fourth-order valence-electron chi connectivity index (χ4n) is 4.87. The number of aromatic nitrogens is 1. The van der Waals surface area contributed by atoms with E-state index in [2.05, 4.69) is 36.6 Å². The van der Waals surface area contributed by atoms with Crippen LogP contribution in [0.3, 0.4) is 0 Å². The van der Waals surface area contributed by atoms with E-state index in [0.717, 1.165) is 33.8 Å². The smallest absolute Gasteiger partial charge is 0.272 e. The number of unbranched alkanes of at least 4 members (excludes halogenated alkanes) is 4. The molecule has 2 aromatic carbocycles. The summed E-state index contributed by atoms with van der Waals surface area (Å²) in [6, 6.07) is 16.1. The van der Waals surface area contributed by atoms with Crippen molar-refractivity contribution < 1.29 is 4.79 Å². The first-order valence-electron chi connectivity index (χ1n) is 12.4. The lowest BCUT2D eigenvalue weighted by Crippen LogP contribution is -2.35. The van der Waals surface area contributed by atoms with E-state index in [-0.39, 0.29) is 11.3 Å². The maximum atomic E-state index is 13.8. The lowest BCUT2D eigenvalue weighted by atomic mass is 10.1. The molecule has 35 heavy (non-hydrogen) atoms. The van der Waals surface area contributed by atoms with Gasteiger partial charge in [-0.1, -0.05) is 86.8 Å². The van der Waals surface area contributed by atoms with Crippen LogP contribution in [0.2, 0.25) is 0 Å². The van der Waals surface area contributed by atoms with Crippen molar-refractivity contribution in [2.24, 2.45) is 0 Å². The first-order chi connectivity index (χ1) is 17.1. The van der Waals surface area contributed by atoms with Crippen LogP contribution >= 0.6 is 23.1 Å². The van der Waals surface area contributed by atoms with E-state index in [1.54, 1.807) is 22.4 Å². The van der Waals surface area contributed by atoms with Crippen LogP contribution in [0, 0.1) is 0 Å². The van der Waals surface area contributed by atoms with Gasteiger partial charge in [0.1, 0.15) is 14.2 Å². The number of anilines is 1. The SMILES string of the molecule is C=CCn1c(=O)/c(=C2\Sc3ccccc3N2CCCCCCC)s/c1=C1/Cc2ccccc2C1=O. The monoisotopic (exact) mass is 502 g/mol. The van der Waals surface area contributed by atoms with Crippen molar-refractivity contribution in [3.8, 4) is 0 Å². The molecule has 4 nitrogen and oxygen atoms in total. The first-order valence-corrected chi connectivity index (χ1v) is 14.0. The zero-order valence-corrected chi connectivity index (χ0v) is 21.7. The van der Waals surface area contributed by atoms with Crippen LogP contribution in [0.5, 0.6) is 0 Å². The molecule has 1 aliphatic heterocycles. The van der Waals surface area contributed by atoms with Crippen molar-refractivity contribution in [1.82, 2.24) is 4.57 Å². The summed E-state index contributed by atoms with van der Waals surface area (Å²) in [5, 5.41) is 0.990. The zero-order valence-electron chi connectivity index (χ0n) is 20.1. The lowest BCUT2D eigenvalue weighted by Gasteiger charge is -2.19. The number of hydrogen-bond donors (Lipinski definition) is 0. The normalized spacial score (nSPS) is 17.6. The second kappa shape index (κ2) is 10.4. The Morgan fingerprint density at radius 3 is 2.57 bits per heavy atom. The Bertz CT molecular complexity index is 1460. The summed E-state index contributed by atoms with van der Waals surface area (Å²) < 4.78 is 3.22. The van der Waals surface area contributed by atoms with Gasteiger partial charge in [0.2, 0.25) is 0 Å². The molecule has 3 aromatic rings. The molecular weight excluding hydrogens is 472 g/mol. The Labute approximate surface area is 214 Å². The second-order valence-electron chi connectivity index (χ2n) is 9.02.